The molecule has 0 aromatic heterocycles. The standard InChI is InChI=1S/C15H31N3/c1-4-15-6-8-18(10-13(2)9-16-15)12-14-5-7-17(3)11-14/h13-16H,4-12H2,1-3H3. The third-order valence-electron chi connectivity index (χ3n) is 4.62. The highest BCUT2D eigenvalue weighted by Gasteiger charge is 2.24. The molecule has 0 amide bonds. The highest BCUT2D eigenvalue weighted by Crippen LogP contribution is 2.18. The Balaban J connectivity index is 1.82. The lowest BCUT2D eigenvalue weighted by molar-refractivity contribution is 0.173. The maximum absolute atomic E-state index is 3.71. The summed E-state index contributed by atoms with van der Waals surface area (Å²) < 4.78 is 0. The van der Waals surface area contributed by atoms with Crippen molar-refractivity contribution in [1.29, 1.82) is 0 Å². The average molecular weight is 253 g/mol. The molecule has 0 radical (unpaired) electrons. The van der Waals surface area contributed by atoms with Crippen molar-refractivity contribution in [2.24, 2.45) is 11.8 Å². The van der Waals surface area contributed by atoms with Crippen molar-refractivity contribution in [2.75, 3.05) is 46.3 Å². The van der Waals surface area contributed by atoms with E-state index in [1.54, 1.807) is 0 Å². The molecular formula is C15H31N3. The van der Waals surface area contributed by atoms with E-state index in [0.29, 0.717) is 0 Å². The van der Waals surface area contributed by atoms with Gasteiger partial charge in [-0.2, -0.15) is 0 Å². The van der Waals surface area contributed by atoms with Gasteiger partial charge in [0.05, 0.1) is 0 Å². The summed E-state index contributed by atoms with van der Waals surface area (Å²) >= 11 is 0. The first kappa shape index (κ1) is 14.3. The zero-order valence-corrected chi connectivity index (χ0v) is 12.5. The van der Waals surface area contributed by atoms with Crippen LogP contribution in [0.3, 0.4) is 0 Å². The number of hydrogen-bond donors (Lipinski definition) is 1. The molecule has 0 aliphatic carbocycles. The first-order valence-electron chi connectivity index (χ1n) is 7.81. The minimum absolute atomic E-state index is 0.738. The summed E-state index contributed by atoms with van der Waals surface area (Å²) in [7, 11) is 2.26. The number of likely N-dealkylation sites (tertiary alicyclic amines) is 1. The zero-order valence-electron chi connectivity index (χ0n) is 12.5. The molecule has 1 N–H and O–H groups in total. The van der Waals surface area contributed by atoms with Crippen LogP contribution < -0.4 is 5.32 Å². The SMILES string of the molecule is CCC1CCN(CC2CCN(C)C2)CC(C)CN1. The molecule has 3 atom stereocenters. The largest absolute Gasteiger partial charge is 0.314 e. The normalized spacial score (nSPS) is 36.5. The fourth-order valence-electron chi connectivity index (χ4n) is 3.46. The lowest BCUT2D eigenvalue weighted by Gasteiger charge is -2.33. The van der Waals surface area contributed by atoms with Gasteiger partial charge in [0.1, 0.15) is 0 Å². The van der Waals surface area contributed by atoms with Crippen molar-refractivity contribution < 1.29 is 0 Å². The van der Waals surface area contributed by atoms with Gasteiger partial charge in [0.15, 0.2) is 0 Å². The topological polar surface area (TPSA) is 18.5 Å². The highest BCUT2D eigenvalue weighted by atomic mass is 15.2. The molecule has 3 unspecified atom stereocenters. The number of hydrogen-bond acceptors (Lipinski definition) is 3. The molecule has 0 bridgehead atoms. The summed E-state index contributed by atoms with van der Waals surface area (Å²) in [6.45, 7) is 12.4. The van der Waals surface area contributed by atoms with E-state index in [2.05, 4.69) is 36.0 Å². The van der Waals surface area contributed by atoms with E-state index >= 15 is 0 Å². The van der Waals surface area contributed by atoms with Gasteiger partial charge < -0.3 is 15.1 Å². The molecule has 3 nitrogen and oxygen atoms in total. The maximum Gasteiger partial charge on any atom is 0.00767 e. The molecule has 2 saturated heterocycles. The Labute approximate surface area is 113 Å². The fraction of sp³-hybridized carbons (Fsp3) is 1.00. The smallest absolute Gasteiger partial charge is 0.00767 e. The van der Waals surface area contributed by atoms with E-state index in [9.17, 15) is 0 Å². The molecular weight excluding hydrogens is 222 g/mol. The fourth-order valence-corrected chi connectivity index (χ4v) is 3.46. The minimum Gasteiger partial charge on any atom is -0.314 e. The average Bonchev–Trinajstić information content (AvgIpc) is 2.72. The molecule has 0 spiro atoms. The van der Waals surface area contributed by atoms with Gasteiger partial charge in [0, 0.05) is 25.7 Å². The van der Waals surface area contributed by atoms with Crippen LogP contribution in [0.5, 0.6) is 0 Å². The second kappa shape index (κ2) is 6.88. The van der Waals surface area contributed by atoms with Crippen LogP contribution in [0.25, 0.3) is 0 Å². The second-order valence-electron chi connectivity index (χ2n) is 6.58. The highest BCUT2D eigenvalue weighted by molar-refractivity contribution is 4.80. The predicted octanol–water partition coefficient (Wildman–Crippen LogP) is 1.65. The monoisotopic (exact) mass is 253 g/mol. The summed E-state index contributed by atoms with van der Waals surface area (Å²) in [5, 5.41) is 3.71. The summed E-state index contributed by atoms with van der Waals surface area (Å²) in [6.07, 6.45) is 4.00. The minimum atomic E-state index is 0.738. The van der Waals surface area contributed by atoms with E-state index in [1.807, 2.05) is 0 Å². The predicted molar refractivity (Wildman–Crippen MR) is 77.9 cm³/mol. The number of nitrogens with zero attached hydrogens (tertiary/aromatic N) is 2. The van der Waals surface area contributed by atoms with Gasteiger partial charge in [-0.05, 0) is 57.8 Å². The molecule has 0 aromatic carbocycles. The van der Waals surface area contributed by atoms with Gasteiger partial charge in [-0.15, -0.1) is 0 Å². The number of nitrogens with one attached hydrogen (secondary N) is 1. The summed E-state index contributed by atoms with van der Waals surface area (Å²) in [4.78, 5) is 5.21. The van der Waals surface area contributed by atoms with Gasteiger partial charge >= 0.3 is 0 Å². The van der Waals surface area contributed by atoms with Crippen LogP contribution in [-0.4, -0.2) is 62.2 Å². The second-order valence-corrected chi connectivity index (χ2v) is 6.58. The molecule has 2 fully saturated rings. The molecule has 2 rings (SSSR count). The van der Waals surface area contributed by atoms with Gasteiger partial charge in [-0.25, -0.2) is 0 Å². The lowest BCUT2D eigenvalue weighted by Crippen LogP contribution is -2.44. The molecule has 2 aliphatic heterocycles. The molecule has 0 aromatic rings. The third kappa shape index (κ3) is 4.22. The third-order valence-corrected chi connectivity index (χ3v) is 4.62. The van der Waals surface area contributed by atoms with E-state index in [0.717, 1.165) is 17.9 Å². The first-order valence-corrected chi connectivity index (χ1v) is 7.81. The van der Waals surface area contributed by atoms with E-state index in [1.165, 1.54) is 58.5 Å². The molecule has 106 valence electrons. The van der Waals surface area contributed by atoms with Gasteiger partial charge in [-0.3, -0.25) is 0 Å². The summed E-state index contributed by atoms with van der Waals surface area (Å²) in [6, 6.07) is 0.738. The molecule has 0 saturated carbocycles. The van der Waals surface area contributed by atoms with Gasteiger partial charge in [0.25, 0.3) is 0 Å². The maximum atomic E-state index is 3.71. The van der Waals surface area contributed by atoms with Crippen LogP contribution in [0.2, 0.25) is 0 Å². The number of rotatable bonds is 3. The van der Waals surface area contributed by atoms with Gasteiger partial charge in [0.2, 0.25) is 0 Å². The quantitative estimate of drug-likeness (QED) is 0.825. The summed E-state index contributed by atoms with van der Waals surface area (Å²) in [5.74, 6) is 1.70. The Morgan fingerprint density at radius 3 is 2.67 bits per heavy atom. The van der Waals surface area contributed by atoms with Crippen molar-refractivity contribution in [3.05, 3.63) is 0 Å². The van der Waals surface area contributed by atoms with E-state index < -0.39 is 0 Å². The Morgan fingerprint density at radius 2 is 2.00 bits per heavy atom. The Morgan fingerprint density at radius 1 is 1.17 bits per heavy atom. The van der Waals surface area contributed by atoms with Crippen LogP contribution >= 0.6 is 0 Å². The molecule has 2 heterocycles. The summed E-state index contributed by atoms with van der Waals surface area (Å²) in [5.41, 5.74) is 0. The van der Waals surface area contributed by atoms with Crippen LogP contribution in [0.15, 0.2) is 0 Å². The molecule has 2 aliphatic rings. The van der Waals surface area contributed by atoms with Crippen molar-refractivity contribution in [1.82, 2.24) is 15.1 Å². The van der Waals surface area contributed by atoms with Crippen molar-refractivity contribution >= 4 is 0 Å². The van der Waals surface area contributed by atoms with Crippen molar-refractivity contribution in [3.8, 4) is 0 Å². The van der Waals surface area contributed by atoms with Crippen molar-refractivity contribution in [2.45, 2.75) is 39.2 Å². The Hall–Kier alpha value is -0.120. The van der Waals surface area contributed by atoms with Crippen LogP contribution in [0.4, 0.5) is 0 Å². The Kier molecular flexibility index (Phi) is 5.46. The van der Waals surface area contributed by atoms with Crippen LogP contribution in [0, 0.1) is 11.8 Å². The zero-order chi connectivity index (χ0) is 13.0. The first-order chi connectivity index (χ1) is 8.67. The van der Waals surface area contributed by atoms with E-state index in [-0.39, 0.29) is 0 Å². The molecule has 3 heteroatoms. The molecule has 18 heavy (non-hydrogen) atoms. The Bertz CT molecular complexity index is 244. The van der Waals surface area contributed by atoms with Crippen LogP contribution in [-0.2, 0) is 0 Å². The van der Waals surface area contributed by atoms with Crippen molar-refractivity contribution in [3.63, 3.8) is 0 Å². The van der Waals surface area contributed by atoms with Crippen LogP contribution in [0.1, 0.15) is 33.1 Å². The van der Waals surface area contributed by atoms with E-state index in [4.69, 9.17) is 0 Å². The van der Waals surface area contributed by atoms with Gasteiger partial charge in [-0.1, -0.05) is 13.8 Å². The lowest BCUT2D eigenvalue weighted by atomic mass is 10.0.